The predicted molar refractivity (Wildman–Crippen MR) is 72.1 cm³/mol. The monoisotopic (exact) mass is 279 g/mol. The van der Waals surface area contributed by atoms with E-state index in [-0.39, 0.29) is 23.3 Å². The van der Waals surface area contributed by atoms with Crippen LogP contribution in [0.2, 0.25) is 0 Å². The van der Waals surface area contributed by atoms with Crippen LogP contribution in [-0.4, -0.2) is 17.7 Å². The Morgan fingerprint density at radius 3 is 2.75 bits per heavy atom. The van der Waals surface area contributed by atoms with Gasteiger partial charge in [0.25, 0.3) is 0 Å². The number of halogens is 1. The summed E-state index contributed by atoms with van der Waals surface area (Å²) in [5.74, 6) is -2.12. The molecular formula is C15H18FNO3. The van der Waals surface area contributed by atoms with Crippen LogP contribution in [0.3, 0.4) is 0 Å². The van der Waals surface area contributed by atoms with E-state index >= 15 is 0 Å². The molecule has 1 N–H and O–H groups in total. The molecule has 0 fully saturated rings. The van der Waals surface area contributed by atoms with E-state index < -0.39 is 11.8 Å². The first-order valence-corrected chi connectivity index (χ1v) is 6.43. The Hall–Kier alpha value is -2.09. The minimum absolute atomic E-state index is 0.178. The van der Waals surface area contributed by atoms with Crippen molar-refractivity contribution in [2.45, 2.75) is 33.1 Å². The number of benzene rings is 1. The van der Waals surface area contributed by atoms with Crippen molar-refractivity contribution in [2.24, 2.45) is 5.41 Å². The van der Waals surface area contributed by atoms with Crippen LogP contribution in [0.4, 0.5) is 4.39 Å². The highest BCUT2D eigenvalue weighted by molar-refractivity contribution is 5.90. The number of aromatic carboxylic acids is 1. The molecule has 4 nitrogen and oxygen atoms in total. The number of unbranched alkanes of at least 4 members (excludes halogenated alkanes) is 1. The van der Waals surface area contributed by atoms with Gasteiger partial charge < -0.3 is 9.84 Å². The lowest BCUT2D eigenvalue weighted by atomic mass is 9.89. The number of carboxylic acid groups (broad SMARTS) is 1. The molecule has 0 atom stereocenters. The average molecular weight is 279 g/mol. The highest BCUT2D eigenvalue weighted by Gasteiger charge is 2.17. The lowest BCUT2D eigenvalue weighted by Crippen LogP contribution is -2.09. The SMILES string of the molecule is CC(C)(C#N)CCCCOc1c(F)cccc1C(=O)O. The van der Waals surface area contributed by atoms with Gasteiger partial charge in [-0.1, -0.05) is 6.07 Å². The Labute approximate surface area is 117 Å². The van der Waals surface area contributed by atoms with Gasteiger partial charge in [-0.2, -0.15) is 5.26 Å². The van der Waals surface area contributed by atoms with E-state index in [1.165, 1.54) is 18.2 Å². The lowest BCUT2D eigenvalue weighted by Gasteiger charge is -2.15. The fraction of sp³-hybridized carbons (Fsp3) is 0.467. The van der Waals surface area contributed by atoms with Gasteiger partial charge in [-0.25, -0.2) is 9.18 Å². The molecule has 1 rings (SSSR count). The lowest BCUT2D eigenvalue weighted by molar-refractivity contribution is 0.0691. The summed E-state index contributed by atoms with van der Waals surface area (Å²) in [4.78, 5) is 11.0. The van der Waals surface area contributed by atoms with Crippen LogP contribution in [0.25, 0.3) is 0 Å². The molecule has 0 saturated carbocycles. The number of carbonyl (C=O) groups is 1. The second kappa shape index (κ2) is 6.90. The zero-order valence-electron chi connectivity index (χ0n) is 11.6. The third kappa shape index (κ3) is 4.54. The van der Waals surface area contributed by atoms with Gasteiger partial charge in [-0.05, 0) is 45.2 Å². The van der Waals surface area contributed by atoms with E-state index in [0.29, 0.717) is 6.42 Å². The third-order valence-electron chi connectivity index (χ3n) is 2.94. The Kier molecular flexibility index (Phi) is 5.51. The van der Waals surface area contributed by atoms with Gasteiger partial charge in [-0.3, -0.25) is 0 Å². The van der Waals surface area contributed by atoms with Crippen molar-refractivity contribution < 1.29 is 19.0 Å². The van der Waals surface area contributed by atoms with Crippen LogP contribution in [0.15, 0.2) is 18.2 Å². The first kappa shape index (κ1) is 16.0. The van der Waals surface area contributed by atoms with Gasteiger partial charge in [0.05, 0.1) is 18.1 Å². The Morgan fingerprint density at radius 2 is 2.15 bits per heavy atom. The smallest absolute Gasteiger partial charge is 0.339 e. The molecule has 0 amide bonds. The first-order chi connectivity index (χ1) is 9.37. The molecule has 0 bridgehead atoms. The molecule has 5 heteroatoms. The molecule has 0 unspecified atom stereocenters. The van der Waals surface area contributed by atoms with Gasteiger partial charge >= 0.3 is 5.97 Å². The van der Waals surface area contributed by atoms with E-state index in [9.17, 15) is 9.18 Å². The summed E-state index contributed by atoms with van der Waals surface area (Å²) in [7, 11) is 0. The zero-order chi connectivity index (χ0) is 15.2. The summed E-state index contributed by atoms with van der Waals surface area (Å²) in [6.45, 7) is 3.93. The predicted octanol–water partition coefficient (Wildman–Crippen LogP) is 3.62. The van der Waals surface area contributed by atoms with Crippen LogP contribution in [0, 0.1) is 22.6 Å². The largest absolute Gasteiger partial charge is 0.490 e. The summed E-state index contributed by atoms with van der Waals surface area (Å²) in [6, 6.07) is 6.01. The van der Waals surface area contributed by atoms with Gasteiger partial charge in [0.2, 0.25) is 0 Å². The van der Waals surface area contributed by atoms with Crippen molar-refractivity contribution in [1.29, 1.82) is 5.26 Å². The van der Waals surface area contributed by atoms with Crippen LogP contribution < -0.4 is 4.74 Å². The van der Waals surface area contributed by atoms with Crippen LogP contribution in [0.1, 0.15) is 43.5 Å². The second-order valence-corrected chi connectivity index (χ2v) is 5.22. The molecule has 108 valence electrons. The number of nitriles is 1. The van der Waals surface area contributed by atoms with Crippen molar-refractivity contribution in [2.75, 3.05) is 6.61 Å². The van der Waals surface area contributed by atoms with Crippen LogP contribution in [0.5, 0.6) is 5.75 Å². The summed E-state index contributed by atoms with van der Waals surface area (Å²) >= 11 is 0. The first-order valence-electron chi connectivity index (χ1n) is 6.43. The van der Waals surface area contributed by atoms with Crippen LogP contribution in [-0.2, 0) is 0 Å². The minimum atomic E-state index is -1.22. The van der Waals surface area contributed by atoms with E-state index in [1.807, 2.05) is 13.8 Å². The summed E-state index contributed by atoms with van der Waals surface area (Å²) in [5, 5.41) is 17.8. The quantitative estimate of drug-likeness (QED) is 0.774. The molecule has 0 aromatic heterocycles. The summed E-state index contributed by atoms with van der Waals surface area (Å²) < 4.78 is 18.8. The standard InChI is InChI=1S/C15H18FNO3/c1-15(2,10-17)8-3-4-9-20-13-11(14(18)19)6-5-7-12(13)16/h5-7H,3-4,8-9H2,1-2H3,(H,18,19). The minimum Gasteiger partial charge on any atom is -0.490 e. The van der Waals surface area contributed by atoms with Crippen molar-refractivity contribution >= 4 is 5.97 Å². The maximum absolute atomic E-state index is 13.5. The molecule has 0 aliphatic rings. The van der Waals surface area contributed by atoms with Crippen molar-refractivity contribution in [3.63, 3.8) is 0 Å². The molecule has 0 aliphatic carbocycles. The van der Waals surface area contributed by atoms with Gasteiger partial charge in [0.1, 0.15) is 5.56 Å². The second-order valence-electron chi connectivity index (χ2n) is 5.22. The molecular weight excluding hydrogens is 261 g/mol. The Bertz CT molecular complexity index is 520. The van der Waals surface area contributed by atoms with Crippen molar-refractivity contribution in [3.8, 4) is 11.8 Å². The summed E-state index contributed by atoms with van der Waals surface area (Å²) in [6.07, 6.45) is 2.12. The Morgan fingerprint density at radius 1 is 1.45 bits per heavy atom. The average Bonchev–Trinajstić information content (AvgIpc) is 2.39. The molecule has 0 heterocycles. The van der Waals surface area contributed by atoms with E-state index in [4.69, 9.17) is 15.1 Å². The van der Waals surface area contributed by atoms with Crippen LogP contribution >= 0.6 is 0 Å². The normalized spacial score (nSPS) is 10.9. The molecule has 0 spiro atoms. The van der Waals surface area contributed by atoms with Crippen molar-refractivity contribution in [3.05, 3.63) is 29.6 Å². The fourth-order valence-electron chi connectivity index (χ4n) is 1.72. The van der Waals surface area contributed by atoms with Gasteiger partial charge in [0.15, 0.2) is 11.6 Å². The number of rotatable bonds is 7. The number of ether oxygens (including phenoxy) is 1. The number of hydrogen-bond acceptors (Lipinski definition) is 3. The maximum Gasteiger partial charge on any atom is 0.339 e. The molecule has 0 aliphatic heterocycles. The zero-order valence-corrected chi connectivity index (χ0v) is 11.6. The molecule has 1 aromatic rings. The number of para-hydroxylation sites is 1. The number of nitrogens with zero attached hydrogens (tertiary/aromatic N) is 1. The molecule has 1 aromatic carbocycles. The number of carboxylic acids is 1. The Balaban J connectivity index is 2.51. The summed E-state index contributed by atoms with van der Waals surface area (Å²) in [5.41, 5.74) is -0.563. The van der Waals surface area contributed by atoms with E-state index in [0.717, 1.165) is 12.8 Å². The topological polar surface area (TPSA) is 70.3 Å². The molecule has 0 radical (unpaired) electrons. The molecule has 0 saturated heterocycles. The number of hydrogen-bond donors (Lipinski definition) is 1. The van der Waals surface area contributed by atoms with Gasteiger partial charge in [0, 0.05) is 0 Å². The highest BCUT2D eigenvalue weighted by Crippen LogP contribution is 2.24. The van der Waals surface area contributed by atoms with Crippen molar-refractivity contribution in [1.82, 2.24) is 0 Å². The van der Waals surface area contributed by atoms with E-state index in [2.05, 4.69) is 6.07 Å². The fourth-order valence-corrected chi connectivity index (χ4v) is 1.72. The third-order valence-corrected chi connectivity index (χ3v) is 2.94. The van der Waals surface area contributed by atoms with E-state index in [1.54, 1.807) is 0 Å². The maximum atomic E-state index is 13.5. The molecule has 20 heavy (non-hydrogen) atoms. The highest BCUT2D eigenvalue weighted by atomic mass is 19.1. The van der Waals surface area contributed by atoms with Gasteiger partial charge in [-0.15, -0.1) is 0 Å².